The molecule has 80 heavy (non-hydrogen) atoms. The maximum absolute atomic E-state index is 13.5. The number of carbonyl (C=O) groups excluding carboxylic acids is 2. The van der Waals surface area contributed by atoms with Crippen molar-refractivity contribution in [3.63, 3.8) is 0 Å². The van der Waals surface area contributed by atoms with E-state index >= 15 is 0 Å². The van der Waals surface area contributed by atoms with E-state index in [1.54, 1.807) is 6.08 Å². The number of rotatable bonds is 59. The molecule has 0 saturated carbocycles. The standard InChI is InChI=1S/C69H129NO10/c1-4-7-10-13-16-19-22-24-26-27-28-29-30-31-32-33-34-35-36-37-38-41-44-47-50-53-56-62(73)68(77)70-60(61(72)55-52-49-46-43-40-21-18-15-12-9-6-3)59-78-69-67(66(76)65(75)63(58-71)79-69)80-64(74)57-54-51-48-45-42-39-25-23-20-17-14-11-8-5-2/h24,26,39,42,52,55,60-63,65-67,69,71-73,75-76H,4-23,25,27-38,40-41,43-51,53-54,56-59H2,1-3H3,(H,70,77)/b26-24+,42-39-,55-52+. The summed E-state index contributed by atoms with van der Waals surface area (Å²) < 4.78 is 17.6. The second-order valence-electron chi connectivity index (χ2n) is 23.9. The van der Waals surface area contributed by atoms with Crippen molar-refractivity contribution in [1.29, 1.82) is 0 Å². The van der Waals surface area contributed by atoms with Gasteiger partial charge >= 0.3 is 5.97 Å². The molecule has 1 fully saturated rings. The maximum Gasteiger partial charge on any atom is 0.306 e. The number of esters is 1. The fourth-order valence-electron chi connectivity index (χ4n) is 10.8. The molecule has 1 amide bonds. The molecule has 8 unspecified atom stereocenters. The first-order valence-electron chi connectivity index (χ1n) is 34.3. The van der Waals surface area contributed by atoms with E-state index in [1.807, 2.05) is 6.08 Å². The highest BCUT2D eigenvalue weighted by molar-refractivity contribution is 5.80. The smallest absolute Gasteiger partial charge is 0.306 e. The van der Waals surface area contributed by atoms with Crippen LogP contribution in [0.1, 0.15) is 329 Å². The summed E-state index contributed by atoms with van der Waals surface area (Å²) in [5.41, 5.74) is 0. The minimum absolute atomic E-state index is 0.106. The van der Waals surface area contributed by atoms with Crippen LogP contribution in [0.4, 0.5) is 0 Å². The Hall–Kier alpha value is -2.12. The Bertz CT molecular complexity index is 1440. The van der Waals surface area contributed by atoms with Gasteiger partial charge in [-0.15, -0.1) is 0 Å². The Labute approximate surface area is 492 Å². The van der Waals surface area contributed by atoms with Crippen LogP contribution in [0.2, 0.25) is 0 Å². The Kier molecular flexibility index (Phi) is 54.4. The molecule has 11 nitrogen and oxygen atoms in total. The van der Waals surface area contributed by atoms with E-state index in [-0.39, 0.29) is 13.0 Å². The molecule has 11 heteroatoms. The topological polar surface area (TPSA) is 175 Å². The van der Waals surface area contributed by atoms with Gasteiger partial charge in [0.1, 0.15) is 24.4 Å². The summed E-state index contributed by atoms with van der Waals surface area (Å²) in [5.74, 6) is -1.20. The zero-order chi connectivity index (χ0) is 58.2. The van der Waals surface area contributed by atoms with E-state index in [2.05, 4.69) is 50.4 Å². The van der Waals surface area contributed by atoms with Gasteiger partial charge in [0.2, 0.25) is 5.91 Å². The molecule has 470 valence electrons. The first kappa shape index (κ1) is 75.9. The predicted molar refractivity (Wildman–Crippen MR) is 334 cm³/mol. The molecule has 0 aliphatic carbocycles. The van der Waals surface area contributed by atoms with Crippen molar-refractivity contribution < 1.29 is 49.3 Å². The Morgan fingerprint density at radius 3 is 1.21 bits per heavy atom. The van der Waals surface area contributed by atoms with Crippen LogP contribution >= 0.6 is 0 Å². The molecule has 1 aliphatic heterocycles. The van der Waals surface area contributed by atoms with Gasteiger partial charge in [-0.2, -0.15) is 0 Å². The van der Waals surface area contributed by atoms with Gasteiger partial charge in [0, 0.05) is 6.42 Å². The lowest BCUT2D eigenvalue weighted by molar-refractivity contribution is -0.305. The van der Waals surface area contributed by atoms with Gasteiger partial charge in [0.15, 0.2) is 12.4 Å². The fourth-order valence-corrected chi connectivity index (χ4v) is 10.8. The van der Waals surface area contributed by atoms with Crippen molar-refractivity contribution in [2.75, 3.05) is 13.2 Å². The average molecular weight is 1130 g/mol. The minimum Gasteiger partial charge on any atom is -0.454 e. The summed E-state index contributed by atoms with van der Waals surface area (Å²) in [5, 5.41) is 57.0. The number of amides is 1. The highest BCUT2D eigenvalue weighted by Crippen LogP contribution is 2.26. The van der Waals surface area contributed by atoms with Gasteiger partial charge in [-0.05, 0) is 77.0 Å². The van der Waals surface area contributed by atoms with Crippen LogP contribution in [0, 0.1) is 0 Å². The summed E-state index contributed by atoms with van der Waals surface area (Å²) in [6.07, 6.45) is 59.2. The zero-order valence-corrected chi connectivity index (χ0v) is 52.2. The maximum atomic E-state index is 13.5. The lowest BCUT2D eigenvalue weighted by Crippen LogP contribution is -2.61. The van der Waals surface area contributed by atoms with Crippen LogP contribution in [0.3, 0.4) is 0 Å². The van der Waals surface area contributed by atoms with E-state index in [0.29, 0.717) is 19.3 Å². The number of aliphatic hydroxyl groups excluding tert-OH is 5. The van der Waals surface area contributed by atoms with Gasteiger partial charge < -0.3 is 45.1 Å². The monoisotopic (exact) mass is 1130 g/mol. The molecule has 0 spiro atoms. The molecule has 1 rings (SSSR count). The third-order valence-corrected chi connectivity index (χ3v) is 16.3. The van der Waals surface area contributed by atoms with Gasteiger partial charge in [-0.25, -0.2) is 0 Å². The Balaban J connectivity index is 2.54. The Morgan fingerprint density at radius 2 is 0.825 bits per heavy atom. The van der Waals surface area contributed by atoms with Crippen molar-refractivity contribution in [2.45, 2.75) is 378 Å². The largest absolute Gasteiger partial charge is 0.454 e. The number of allylic oxidation sites excluding steroid dienone is 5. The van der Waals surface area contributed by atoms with E-state index in [1.165, 1.54) is 218 Å². The van der Waals surface area contributed by atoms with Crippen LogP contribution in [0.5, 0.6) is 0 Å². The highest BCUT2D eigenvalue weighted by atomic mass is 16.7. The molecule has 1 saturated heterocycles. The quantitative estimate of drug-likeness (QED) is 0.0195. The average Bonchev–Trinajstić information content (AvgIpc) is 3.46. The van der Waals surface area contributed by atoms with Crippen molar-refractivity contribution in [3.8, 4) is 0 Å². The van der Waals surface area contributed by atoms with E-state index in [9.17, 15) is 35.1 Å². The molecule has 8 atom stereocenters. The summed E-state index contributed by atoms with van der Waals surface area (Å²) in [4.78, 5) is 26.6. The van der Waals surface area contributed by atoms with Crippen LogP contribution in [0.25, 0.3) is 0 Å². The minimum atomic E-state index is -1.62. The van der Waals surface area contributed by atoms with E-state index in [0.717, 1.165) is 64.2 Å². The van der Waals surface area contributed by atoms with Crippen molar-refractivity contribution in [2.24, 2.45) is 0 Å². The SMILES string of the molecule is CCCCCCCC/C=C/CCCCCCCCCCCCCCCCCCC(O)C(=O)NC(COC1OC(CO)C(O)C(O)C1OC(=O)CCCCC/C=C\CCCCCCCCC)C(O)/C=C/CCCCCCCCCCC. The lowest BCUT2D eigenvalue weighted by atomic mass is 9.99. The van der Waals surface area contributed by atoms with Crippen LogP contribution < -0.4 is 5.32 Å². The van der Waals surface area contributed by atoms with Crippen LogP contribution in [0.15, 0.2) is 36.5 Å². The number of hydrogen-bond donors (Lipinski definition) is 6. The predicted octanol–water partition coefficient (Wildman–Crippen LogP) is 17.0. The molecule has 1 heterocycles. The van der Waals surface area contributed by atoms with Gasteiger partial charge in [-0.1, -0.05) is 282 Å². The number of aliphatic hydroxyl groups is 5. The molecule has 6 N–H and O–H groups in total. The number of hydrogen-bond acceptors (Lipinski definition) is 10. The normalized spacial score (nSPS) is 18.9. The molecule has 0 aromatic heterocycles. The summed E-state index contributed by atoms with van der Waals surface area (Å²) in [6.45, 7) is 5.80. The molecule has 0 radical (unpaired) electrons. The van der Waals surface area contributed by atoms with Crippen molar-refractivity contribution >= 4 is 11.9 Å². The first-order chi connectivity index (χ1) is 39.2. The van der Waals surface area contributed by atoms with E-state index in [4.69, 9.17) is 14.2 Å². The van der Waals surface area contributed by atoms with Gasteiger partial charge in [0.25, 0.3) is 0 Å². The number of unbranched alkanes of at least 4 members (excludes halogenated alkanes) is 41. The molecular formula is C69H129NO10. The van der Waals surface area contributed by atoms with E-state index < -0.39 is 67.4 Å². The molecule has 0 aromatic carbocycles. The van der Waals surface area contributed by atoms with Crippen molar-refractivity contribution in [3.05, 3.63) is 36.5 Å². The fraction of sp³-hybridized carbons (Fsp3) is 0.884. The number of nitrogens with one attached hydrogen (secondary N) is 1. The van der Waals surface area contributed by atoms with Gasteiger partial charge in [0.05, 0.1) is 25.4 Å². The summed E-state index contributed by atoms with van der Waals surface area (Å²) in [7, 11) is 0. The Morgan fingerprint density at radius 1 is 0.475 bits per heavy atom. The van der Waals surface area contributed by atoms with Crippen LogP contribution in [-0.4, -0.2) is 99.6 Å². The zero-order valence-electron chi connectivity index (χ0n) is 52.2. The number of ether oxygens (including phenoxy) is 3. The first-order valence-corrected chi connectivity index (χ1v) is 34.3. The number of carbonyl (C=O) groups is 2. The molecule has 0 aromatic rings. The highest BCUT2D eigenvalue weighted by Gasteiger charge is 2.47. The summed E-state index contributed by atoms with van der Waals surface area (Å²) in [6, 6.07) is -1.02. The molecular weight excluding hydrogens is 1000 g/mol. The van der Waals surface area contributed by atoms with Gasteiger partial charge in [-0.3, -0.25) is 9.59 Å². The lowest BCUT2D eigenvalue weighted by Gasteiger charge is -2.41. The van der Waals surface area contributed by atoms with Crippen LogP contribution in [-0.2, 0) is 23.8 Å². The van der Waals surface area contributed by atoms with Crippen molar-refractivity contribution in [1.82, 2.24) is 5.32 Å². The second-order valence-corrected chi connectivity index (χ2v) is 23.9. The second kappa shape index (κ2) is 57.3. The molecule has 1 aliphatic rings. The third-order valence-electron chi connectivity index (χ3n) is 16.3. The summed E-state index contributed by atoms with van der Waals surface area (Å²) >= 11 is 0. The third kappa shape index (κ3) is 44.4. The molecule has 0 bridgehead atoms.